The number of halogens is 3. The molecule has 0 atom stereocenters. The van der Waals surface area contributed by atoms with Crippen molar-refractivity contribution < 1.29 is 17.6 Å². The Morgan fingerprint density at radius 2 is 2.12 bits per heavy atom. The molecule has 0 radical (unpaired) electrons. The van der Waals surface area contributed by atoms with Gasteiger partial charge in [-0.15, -0.1) is 0 Å². The quantitative estimate of drug-likeness (QED) is 0.830. The Labute approximate surface area is 92.8 Å². The lowest BCUT2D eigenvalue weighted by atomic mass is 10.3. The first kappa shape index (κ1) is 11.3. The highest BCUT2D eigenvalue weighted by Crippen LogP contribution is 2.37. The van der Waals surface area contributed by atoms with Crippen molar-refractivity contribution in [1.29, 1.82) is 0 Å². The predicted octanol–water partition coefficient (Wildman–Crippen LogP) is 2.90. The summed E-state index contributed by atoms with van der Waals surface area (Å²) in [6.07, 6.45) is 0. The number of nitrogens with two attached hydrogens (primary N) is 1. The number of thioether (sulfide) groups is 1. The maximum Gasteiger partial charge on any atom is 0.446 e. The van der Waals surface area contributed by atoms with Crippen molar-refractivity contribution in [3.63, 3.8) is 0 Å². The Balaban J connectivity index is 2.36. The second-order valence-corrected chi connectivity index (χ2v) is 4.13. The minimum absolute atomic E-state index is 0.0692. The summed E-state index contributed by atoms with van der Waals surface area (Å²) in [6.45, 7) is 0.121. The molecule has 2 aromatic rings. The summed E-state index contributed by atoms with van der Waals surface area (Å²) in [5.41, 5.74) is 1.83. The molecule has 0 amide bonds. The van der Waals surface area contributed by atoms with Crippen LogP contribution in [0.15, 0.2) is 27.5 Å². The molecule has 0 bridgehead atoms. The van der Waals surface area contributed by atoms with Gasteiger partial charge in [-0.2, -0.15) is 13.2 Å². The fourth-order valence-corrected chi connectivity index (χ4v) is 1.81. The third-order valence-electron chi connectivity index (χ3n) is 1.81. The Bertz CT molecular complexity index is 509. The molecule has 0 saturated carbocycles. The average molecular weight is 248 g/mol. The maximum atomic E-state index is 12.1. The van der Waals surface area contributed by atoms with E-state index in [0.717, 1.165) is 0 Å². The van der Waals surface area contributed by atoms with E-state index >= 15 is 0 Å². The number of oxazole rings is 1. The lowest BCUT2D eigenvalue weighted by Gasteiger charge is -2.04. The average Bonchev–Trinajstić information content (AvgIpc) is 2.57. The van der Waals surface area contributed by atoms with Crippen LogP contribution in [0, 0.1) is 0 Å². The number of fused-ring (bicyclic) bond motifs is 1. The molecule has 1 heterocycles. The summed E-state index contributed by atoms with van der Waals surface area (Å²) in [6, 6.07) is 4.13. The van der Waals surface area contributed by atoms with Crippen LogP contribution in [0.2, 0.25) is 0 Å². The van der Waals surface area contributed by atoms with Gasteiger partial charge in [-0.05, 0) is 30.0 Å². The zero-order valence-electron chi connectivity index (χ0n) is 7.91. The highest BCUT2D eigenvalue weighted by Gasteiger charge is 2.29. The van der Waals surface area contributed by atoms with Gasteiger partial charge in [0, 0.05) is 4.90 Å². The van der Waals surface area contributed by atoms with Crippen molar-refractivity contribution in [2.24, 2.45) is 5.73 Å². The van der Waals surface area contributed by atoms with Crippen LogP contribution < -0.4 is 5.73 Å². The molecule has 0 aliphatic heterocycles. The van der Waals surface area contributed by atoms with Gasteiger partial charge in [0.1, 0.15) is 5.52 Å². The fraction of sp³-hybridized carbons (Fsp3) is 0.222. The SMILES string of the molecule is NCc1nc2ccc(SC(F)(F)F)cc2o1. The van der Waals surface area contributed by atoms with E-state index in [1.165, 1.54) is 18.2 Å². The summed E-state index contributed by atoms with van der Waals surface area (Å²) >= 11 is -0.187. The van der Waals surface area contributed by atoms with Gasteiger partial charge in [0.25, 0.3) is 0 Å². The second kappa shape index (κ2) is 3.99. The molecule has 3 nitrogen and oxygen atoms in total. The Morgan fingerprint density at radius 3 is 2.75 bits per heavy atom. The third kappa shape index (κ3) is 2.48. The van der Waals surface area contributed by atoms with Gasteiger partial charge in [0.2, 0.25) is 5.89 Å². The van der Waals surface area contributed by atoms with Gasteiger partial charge in [-0.25, -0.2) is 4.98 Å². The van der Waals surface area contributed by atoms with Crippen molar-refractivity contribution in [2.75, 3.05) is 0 Å². The zero-order chi connectivity index (χ0) is 11.8. The minimum Gasteiger partial charge on any atom is -0.439 e. The van der Waals surface area contributed by atoms with Crippen LogP contribution in [0.5, 0.6) is 0 Å². The summed E-state index contributed by atoms with van der Waals surface area (Å²) < 4.78 is 41.5. The van der Waals surface area contributed by atoms with E-state index in [0.29, 0.717) is 17.0 Å². The molecule has 2 rings (SSSR count). The van der Waals surface area contributed by atoms with Gasteiger partial charge in [0.05, 0.1) is 6.54 Å². The van der Waals surface area contributed by atoms with Crippen molar-refractivity contribution in [3.05, 3.63) is 24.1 Å². The number of hydrogen-bond donors (Lipinski definition) is 1. The molecule has 0 saturated heterocycles. The number of alkyl halides is 3. The molecular formula is C9H7F3N2OS. The number of rotatable bonds is 2. The number of aromatic nitrogens is 1. The lowest BCUT2D eigenvalue weighted by molar-refractivity contribution is -0.0328. The smallest absolute Gasteiger partial charge is 0.439 e. The number of benzene rings is 1. The molecule has 0 unspecified atom stereocenters. The van der Waals surface area contributed by atoms with E-state index in [2.05, 4.69) is 4.98 Å². The topological polar surface area (TPSA) is 52.0 Å². The molecule has 16 heavy (non-hydrogen) atoms. The summed E-state index contributed by atoms with van der Waals surface area (Å²) in [5.74, 6) is 0.309. The van der Waals surface area contributed by atoms with E-state index in [-0.39, 0.29) is 23.2 Å². The molecule has 7 heteroatoms. The largest absolute Gasteiger partial charge is 0.446 e. The van der Waals surface area contributed by atoms with Gasteiger partial charge < -0.3 is 10.2 Å². The van der Waals surface area contributed by atoms with E-state index in [9.17, 15) is 13.2 Å². The Kier molecular flexibility index (Phi) is 2.81. The van der Waals surface area contributed by atoms with Crippen molar-refractivity contribution in [2.45, 2.75) is 16.9 Å². The lowest BCUT2D eigenvalue weighted by Crippen LogP contribution is -1.98. The van der Waals surface area contributed by atoms with Crippen molar-refractivity contribution in [3.8, 4) is 0 Å². The van der Waals surface area contributed by atoms with Gasteiger partial charge in [-0.3, -0.25) is 0 Å². The predicted molar refractivity (Wildman–Crippen MR) is 53.8 cm³/mol. The summed E-state index contributed by atoms with van der Waals surface area (Å²) in [5, 5.41) is 0. The minimum atomic E-state index is -4.30. The summed E-state index contributed by atoms with van der Waals surface area (Å²) in [7, 11) is 0. The van der Waals surface area contributed by atoms with Crippen LogP contribution in [0.3, 0.4) is 0 Å². The molecule has 1 aromatic heterocycles. The first-order valence-electron chi connectivity index (χ1n) is 4.33. The van der Waals surface area contributed by atoms with Crippen LogP contribution in [0.1, 0.15) is 5.89 Å². The van der Waals surface area contributed by atoms with Crippen LogP contribution in [0.4, 0.5) is 13.2 Å². The molecule has 2 N–H and O–H groups in total. The fourth-order valence-electron chi connectivity index (χ4n) is 1.24. The van der Waals surface area contributed by atoms with Crippen LogP contribution in [-0.2, 0) is 6.54 Å². The van der Waals surface area contributed by atoms with E-state index in [1.807, 2.05) is 0 Å². The van der Waals surface area contributed by atoms with E-state index in [4.69, 9.17) is 10.2 Å². The molecule has 0 aliphatic carbocycles. The normalized spacial score (nSPS) is 12.2. The first-order valence-corrected chi connectivity index (χ1v) is 5.15. The highest BCUT2D eigenvalue weighted by atomic mass is 32.2. The standard InChI is InChI=1S/C9H7F3N2OS/c10-9(11,12)16-5-1-2-6-7(3-5)15-8(4-13)14-6/h1-3H,4,13H2. The number of nitrogens with zero attached hydrogens (tertiary/aromatic N) is 1. The van der Waals surface area contributed by atoms with Crippen LogP contribution in [0.25, 0.3) is 11.1 Å². The third-order valence-corrected chi connectivity index (χ3v) is 2.53. The number of hydrogen-bond acceptors (Lipinski definition) is 4. The Hall–Kier alpha value is -1.21. The summed E-state index contributed by atoms with van der Waals surface area (Å²) in [4.78, 5) is 4.06. The molecule has 1 aromatic carbocycles. The van der Waals surface area contributed by atoms with E-state index in [1.54, 1.807) is 0 Å². The molecule has 0 fully saturated rings. The van der Waals surface area contributed by atoms with Crippen LogP contribution >= 0.6 is 11.8 Å². The maximum absolute atomic E-state index is 12.1. The highest BCUT2D eigenvalue weighted by molar-refractivity contribution is 8.00. The van der Waals surface area contributed by atoms with Crippen molar-refractivity contribution in [1.82, 2.24) is 4.98 Å². The van der Waals surface area contributed by atoms with Crippen molar-refractivity contribution >= 4 is 22.9 Å². The molecule has 86 valence electrons. The first-order chi connectivity index (χ1) is 7.48. The zero-order valence-corrected chi connectivity index (χ0v) is 8.73. The molecular weight excluding hydrogens is 241 g/mol. The van der Waals surface area contributed by atoms with Crippen LogP contribution in [-0.4, -0.2) is 10.5 Å². The van der Waals surface area contributed by atoms with Gasteiger partial charge in [0.15, 0.2) is 5.58 Å². The second-order valence-electron chi connectivity index (χ2n) is 2.99. The van der Waals surface area contributed by atoms with Gasteiger partial charge >= 0.3 is 5.51 Å². The van der Waals surface area contributed by atoms with Gasteiger partial charge in [-0.1, -0.05) is 0 Å². The van der Waals surface area contributed by atoms with E-state index < -0.39 is 5.51 Å². The monoisotopic (exact) mass is 248 g/mol. The Morgan fingerprint density at radius 1 is 1.38 bits per heavy atom. The molecule has 0 aliphatic rings. The molecule has 0 spiro atoms.